The fourth-order valence-electron chi connectivity index (χ4n) is 2.44. The van der Waals surface area contributed by atoms with Crippen LogP contribution in [0.5, 0.6) is 0 Å². The molecule has 3 rings (SSSR count). The van der Waals surface area contributed by atoms with E-state index in [1.165, 1.54) is 6.26 Å². The first-order valence-corrected chi connectivity index (χ1v) is 7.07. The van der Waals surface area contributed by atoms with Gasteiger partial charge in [0.05, 0.1) is 11.7 Å². The van der Waals surface area contributed by atoms with Crippen molar-refractivity contribution in [3.05, 3.63) is 51.9 Å². The molecule has 2 N–H and O–H groups in total. The Kier molecular flexibility index (Phi) is 2.99. The molecule has 1 atom stereocenters. The monoisotopic (exact) mass is 335 g/mol. The highest BCUT2D eigenvalue weighted by molar-refractivity contribution is 9.10. The predicted octanol–water partition coefficient (Wildman–Crippen LogP) is 3.35. The van der Waals surface area contributed by atoms with E-state index in [0.717, 1.165) is 16.8 Å². The second kappa shape index (κ2) is 4.46. The maximum Gasteiger partial charge on any atom is 0.234 e. The number of carbonyl (C=O) groups is 1. The fraction of sp³-hybridized carbons (Fsp3) is 0.267. The molecule has 1 unspecified atom stereocenters. The topological polar surface area (TPSA) is 62.5 Å². The Labute approximate surface area is 124 Å². The second-order valence-electron chi connectivity index (χ2n) is 5.44. The number of amides is 1. The Morgan fingerprint density at radius 3 is 2.75 bits per heavy atom. The van der Waals surface area contributed by atoms with Crippen molar-refractivity contribution in [1.82, 2.24) is 0 Å². The van der Waals surface area contributed by atoms with E-state index >= 15 is 0 Å². The molecule has 1 aromatic heterocycles. The standard InChI is InChI=1S/C15H14BrNO3/c1-15(2)10-7-8(3-4-11(10)17-14(15)19)12(18)9-5-6-20-13(9)16/h3-7,12,18H,1-2H3,(H,17,19). The molecule has 2 aromatic rings. The van der Waals surface area contributed by atoms with Gasteiger partial charge in [0.15, 0.2) is 4.67 Å². The van der Waals surface area contributed by atoms with E-state index in [9.17, 15) is 9.90 Å². The molecule has 0 saturated heterocycles. The molecule has 4 nitrogen and oxygen atoms in total. The largest absolute Gasteiger partial charge is 0.457 e. The third-order valence-electron chi connectivity index (χ3n) is 3.79. The molecule has 104 valence electrons. The molecule has 0 spiro atoms. The minimum atomic E-state index is -0.792. The zero-order valence-electron chi connectivity index (χ0n) is 11.1. The zero-order valence-corrected chi connectivity index (χ0v) is 12.7. The van der Waals surface area contributed by atoms with E-state index in [4.69, 9.17) is 4.42 Å². The highest BCUT2D eigenvalue weighted by Gasteiger charge is 2.38. The number of anilines is 1. The van der Waals surface area contributed by atoms with Crippen molar-refractivity contribution in [2.24, 2.45) is 0 Å². The zero-order chi connectivity index (χ0) is 14.5. The summed E-state index contributed by atoms with van der Waals surface area (Å²) in [6.45, 7) is 3.75. The van der Waals surface area contributed by atoms with E-state index in [-0.39, 0.29) is 5.91 Å². The minimum Gasteiger partial charge on any atom is -0.457 e. The van der Waals surface area contributed by atoms with Crippen LogP contribution in [0.15, 0.2) is 39.6 Å². The first-order valence-electron chi connectivity index (χ1n) is 6.28. The molecule has 0 aliphatic carbocycles. The summed E-state index contributed by atoms with van der Waals surface area (Å²) in [4.78, 5) is 11.9. The Bertz CT molecular complexity index is 690. The number of aliphatic hydroxyl groups excluding tert-OH is 1. The Morgan fingerprint density at radius 1 is 1.35 bits per heavy atom. The average molecular weight is 336 g/mol. The molecule has 20 heavy (non-hydrogen) atoms. The number of aliphatic hydroxyl groups is 1. The number of hydrogen-bond donors (Lipinski definition) is 2. The van der Waals surface area contributed by atoms with Crippen LogP contribution in [0, 0.1) is 0 Å². The minimum absolute atomic E-state index is 0.0244. The lowest BCUT2D eigenvalue weighted by atomic mass is 9.84. The van der Waals surface area contributed by atoms with Crippen molar-refractivity contribution in [3.63, 3.8) is 0 Å². The van der Waals surface area contributed by atoms with Gasteiger partial charge in [0, 0.05) is 11.3 Å². The Balaban J connectivity index is 2.04. The lowest BCUT2D eigenvalue weighted by molar-refractivity contribution is -0.119. The average Bonchev–Trinajstić information content (AvgIpc) is 2.92. The lowest BCUT2D eigenvalue weighted by Gasteiger charge is -2.17. The summed E-state index contributed by atoms with van der Waals surface area (Å²) >= 11 is 3.27. The van der Waals surface area contributed by atoms with Gasteiger partial charge in [-0.15, -0.1) is 0 Å². The van der Waals surface area contributed by atoms with Crippen LogP contribution in [0.1, 0.15) is 36.6 Å². The van der Waals surface area contributed by atoms with Crippen molar-refractivity contribution in [1.29, 1.82) is 0 Å². The van der Waals surface area contributed by atoms with Crippen molar-refractivity contribution >= 4 is 27.5 Å². The summed E-state index contributed by atoms with van der Waals surface area (Å²) in [7, 11) is 0. The number of furan rings is 1. The summed E-state index contributed by atoms with van der Waals surface area (Å²) in [6, 6.07) is 7.23. The normalized spacial score (nSPS) is 17.7. The van der Waals surface area contributed by atoms with Gasteiger partial charge in [-0.05, 0) is 59.1 Å². The smallest absolute Gasteiger partial charge is 0.234 e. The van der Waals surface area contributed by atoms with E-state index in [2.05, 4.69) is 21.2 Å². The highest BCUT2D eigenvalue weighted by Crippen LogP contribution is 2.40. The molecule has 1 aromatic carbocycles. The van der Waals surface area contributed by atoms with Crippen LogP contribution >= 0.6 is 15.9 Å². The van der Waals surface area contributed by atoms with Crippen molar-refractivity contribution in [2.45, 2.75) is 25.4 Å². The van der Waals surface area contributed by atoms with Crippen molar-refractivity contribution in [2.75, 3.05) is 5.32 Å². The summed E-state index contributed by atoms with van der Waals surface area (Å²) in [5.74, 6) is -0.0244. The second-order valence-corrected chi connectivity index (χ2v) is 6.16. The molecule has 0 bridgehead atoms. The van der Waals surface area contributed by atoms with Crippen LogP contribution in [-0.4, -0.2) is 11.0 Å². The molecule has 1 amide bonds. The van der Waals surface area contributed by atoms with Gasteiger partial charge in [-0.2, -0.15) is 0 Å². The molecule has 0 saturated carbocycles. The molecule has 0 radical (unpaired) electrons. The van der Waals surface area contributed by atoms with Gasteiger partial charge in [0.2, 0.25) is 5.91 Å². The number of hydrogen-bond acceptors (Lipinski definition) is 3. The van der Waals surface area contributed by atoms with Crippen LogP contribution in [0.3, 0.4) is 0 Å². The van der Waals surface area contributed by atoms with Crippen LogP contribution in [0.4, 0.5) is 5.69 Å². The van der Waals surface area contributed by atoms with Gasteiger partial charge in [-0.1, -0.05) is 6.07 Å². The van der Waals surface area contributed by atoms with Gasteiger partial charge >= 0.3 is 0 Å². The number of fused-ring (bicyclic) bond motifs is 1. The predicted molar refractivity (Wildman–Crippen MR) is 78.6 cm³/mol. The van der Waals surface area contributed by atoms with Gasteiger partial charge in [0.25, 0.3) is 0 Å². The van der Waals surface area contributed by atoms with Crippen LogP contribution in [0.2, 0.25) is 0 Å². The lowest BCUT2D eigenvalue weighted by Crippen LogP contribution is -2.26. The van der Waals surface area contributed by atoms with E-state index in [0.29, 0.717) is 10.2 Å². The van der Waals surface area contributed by atoms with Gasteiger partial charge in [-0.25, -0.2) is 0 Å². The molecular formula is C15H14BrNO3. The molecule has 1 aliphatic heterocycles. The summed E-state index contributed by atoms with van der Waals surface area (Å²) in [5, 5.41) is 13.3. The maximum atomic E-state index is 11.9. The Hall–Kier alpha value is -1.59. The van der Waals surface area contributed by atoms with Gasteiger partial charge < -0.3 is 14.8 Å². The third kappa shape index (κ3) is 1.89. The van der Waals surface area contributed by atoms with Crippen LogP contribution in [0.25, 0.3) is 0 Å². The first-order chi connectivity index (χ1) is 9.41. The molecule has 1 aliphatic rings. The Morgan fingerprint density at radius 2 is 2.10 bits per heavy atom. The third-order valence-corrected chi connectivity index (χ3v) is 4.43. The van der Waals surface area contributed by atoms with Crippen LogP contribution in [-0.2, 0) is 10.2 Å². The highest BCUT2D eigenvalue weighted by atomic mass is 79.9. The number of halogens is 1. The maximum absolute atomic E-state index is 11.9. The first kappa shape index (κ1) is 13.4. The molecule has 0 fully saturated rings. The number of rotatable bonds is 2. The SMILES string of the molecule is CC1(C)C(=O)Nc2ccc(C(O)c3ccoc3Br)cc21. The summed E-state index contributed by atoms with van der Waals surface area (Å²) < 4.78 is 5.66. The van der Waals surface area contributed by atoms with E-state index in [1.54, 1.807) is 6.07 Å². The summed E-state index contributed by atoms with van der Waals surface area (Å²) in [6.07, 6.45) is 0.727. The van der Waals surface area contributed by atoms with Gasteiger partial charge in [0.1, 0.15) is 6.10 Å². The van der Waals surface area contributed by atoms with E-state index < -0.39 is 11.5 Å². The number of carbonyl (C=O) groups excluding carboxylic acids is 1. The quantitative estimate of drug-likeness (QED) is 0.884. The number of nitrogens with one attached hydrogen (secondary N) is 1. The van der Waals surface area contributed by atoms with E-state index in [1.807, 2.05) is 32.0 Å². The van der Waals surface area contributed by atoms with Gasteiger partial charge in [-0.3, -0.25) is 4.79 Å². The van der Waals surface area contributed by atoms with Crippen molar-refractivity contribution < 1.29 is 14.3 Å². The van der Waals surface area contributed by atoms with Crippen LogP contribution < -0.4 is 5.32 Å². The fourth-order valence-corrected chi connectivity index (χ4v) is 2.89. The molecule has 5 heteroatoms. The molecule has 2 heterocycles. The van der Waals surface area contributed by atoms with Crippen molar-refractivity contribution in [3.8, 4) is 0 Å². The molecular weight excluding hydrogens is 322 g/mol. The summed E-state index contributed by atoms with van der Waals surface area (Å²) in [5.41, 5.74) is 2.52. The number of benzene rings is 1.